The molecule has 1 fully saturated rings. The summed E-state index contributed by atoms with van der Waals surface area (Å²) in [5.41, 5.74) is 3.03. The number of aryl methyl sites for hydroxylation is 2. The zero-order chi connectivity index (χ0) is 19.4. The lowest BCUT2D eigenvalue weighted by Gasteiger charge is -2.32. The molecule has 0 aliphatic carbocycles. The predicted molar refractivity (Wildman–Crippen MR) is 95.6 cm³/mol. The van der Waals surface area contributed by atoms with Gasteiger partial charge < -0.3 is 14.9 Å². The van der Waals surface area contributed by atoms with Crippen molar-refractivity contribution in [2.24, 2.45) is 13.0 Å². The average Bonchev–Trinajstić information content (AvgIpc) is 2.84. The molecular weight excluding hydrogens is 336 g/mol. The monoisotopic (exact) mass is 364 g/mol. The first-order valence-corrected chi connectivity index (χ1v) is 8.94. The van der Waals surface area contributed by atoms with Crippen molar-refractivity contribution in [2.75, 3.05) is 26.7 Å². The van der Waals surface area contributed by atoms with Crippen molar-refractivity contribution in [3.63, 3.8) is 0 Å². The molecule has 0 aromatic carbocycles. The highest BCUT2D eigenvalue weighted by Gasteiger charge is 2.29. The van der Waals surface area contributed by atoms with Gasteiger partial charge in [0.25, 0.3) is 0 Å². The minimum atomic E-state index is -0.867. The second kappa shape index (κ2) is 8.33. The number of amides is 2. The first kappa shape index (κ1) is 19.9. The number of hydrogen-bond acceptors (Lipinski definition) is 4. The van der Waals surface area contributed by atoms with Crippen LogP contribution in [0.4, 0.5) is 0 Å². The molecule has 2 rings (SSSR count). The minimum absolute atomic E-state index is 0.0177. The van der Waals surface area contributed by atoms with Crippen LogP contribution in [0.25, 0.3) is 0 Å². The highest BCUT2D eigenvalue weighted by molar-refractivity contribution is 5.85. The van der Waals surface area contributed by atoms with Crippen LogP contribution in [0.2, 0.25) is 0 Å². The van der Waals surface area contributed by atoms with Crippen molar-refractivity contribution in [3.05, 3.63) is 17.0 Å². The highest BCUT2D eigenvalue weighted by Crippen LogP contribution is 2.17. The summed E-state index contributed by atoms with van der Waals surface area (Å²) in [5.74, 6) is -1.67. The van der Waals surface area contributed by atoms with Gasteiger partial charge in [0.05, 0.1) is 18.2 Å². The summed E-state index contributed by atoms with van der Waals surface area (Å²) < 4.78 is 1.80. The topological polar surface area (TPSA) is 95.7 Å². The number of carboxylic acid groups (broad SMARTS) is 1. The molecule has 1 aromatic rings. The molecule has 1 unspecified atom stereocenters. The van der Waals surface area contributed by atoms with E-state index < -0.39 is 11.9 Å². The van der Waals surface area contributed by atoms with Crippen LogP contribution in [-0.2, 0) is 27.9 Å². The van der Waals surface area contributed by atoms with Crippen LogP contribution in [0.15, 0.2) is 0 Å². The highest BCUT2D eigenvalue weighted by atomic mass is 16.4. The number of carbonyl (C=O) groups is 3. The Bertz CT molecular complexity index is 698. The number of piperidine rings is 1. The molecule has 1 saturated heterocycles. The average molecular weight is 364 g/mol. The first-order chi connectivity index (χ1) is 12.2. The predicted octanol–water partition coefficient (Wildman–Crippen LogP) is 0.751. The fourth-order valence-electron chi connectivity index (χ4n) is 3.40. The number of carboxylic acids is 1. The third-order valence-corrected chi connectivity index (χ3v) is 5.17. The summed E-state index contributed by atoms with van der Waals surface area (Å²) in [6, 6.07) is 0. The molecular formula is C18H28N4O4. The standard InChI is InChI=1S/C18H28N4O4/c1-12-15(13(2)21(4)19-12)7-8-16(23)20(3)11-17(24)22-9-5-6-14(10-22)18(25)26/h14H,5-11H2,1-4H3,(H,25,26). The van der Waals surface area contributed by atoms with E-state index in [1.807, 2.05) is 20.9 Å². The van der Waals surface area contributed by atoms with E-state index >= 15 is 0 Å². The molecule has 0 saturated carbocycles. The van der Waals surface area contributed by atoms with Crippen LogP contribution in [0, 0.1) is 19.8 Å². The van der Waals surface area contributed by atoms with Crippen molar-refractivity contribution in [1.82, 2.24) is 19.6 Å². The molecule has 1 aliphatic heterocycles. The fourth-order valence-corrected chi connectivity index (χ4v) is 3.40. The molecule has 1 aromatic heterocycles. The molecule has 1 atom stereocenters. The Hall–Kier alpha value is -2.38. The summed E-state index contributed by atoms with van der Waals surface area (Å²) >= 11 is 0. The molecule has 2 heterocycles. The van der Waals surface area contributed by atoms with Crippen LogP contribution in [-0.4, -0.2) is 69.2 Å². The van der Waals surface area contributed by atoms with Crippen molar-refractivity contribution in [3.8, 4) is 0 Å². The SMILES string of the molecule is Cc1nn(C)c(C)c1CCC(=O)N(C)CC(=O)N1CCCC(C(=O)O)C1. The number of aliphatic carboxylic acids is 1. The molecule has 1 aliphatic rings. The molecule has 0 spiro atoms. The summed E-state index contributed by atoms with van der Waals surface area (Å²) in [7, 11) is 3.49. The number of likely N-dealkylation sites (tertiary alicyclic amines) is 1. The van der Waals surface area contributed by atoms with Gasteiger partial charge in [-0.15, -0.1) is 0 Å². The van der Waals surface area contributed by atoms with E-state index in [4.69, 9.17) is 5.11 Å². The molecule has 8 nitrogen and oxygen atoms in total. The van der Waals surface area contributed by atoms with Crippen LogP contribution < -0.4 is 0 Å². The van der Waals surface area contributed by atoms with E-state index in [2.05, 4.69) is 5.10 Å². The Labute approximate surface area is 153 Å². The van der Waals surface area contributed by atoms with E-state index in [0.717, 1.165) is 17.0 Å². The Balaban J connectivity index is 1.86. The summed E-state index contributed by atoms with van der Waals surface area (Å²) in [4.78, 5) is 38.9. The Morgan fingerprint density at radius 2 is 2.00 bits per heavy atom. The van der Waals surface area contributed by atoms with Crippen molar-refractivity contribution in [2.45, 2.75) is 39.5 Å². The Morgan fingerprint density at radius 1 is 1.31 bits per heavy atom. The van der Waals surface area contributed by atoms with Gasteiger partial charge >= 0.3 is 5.97 Å². The molecule has 2 amide bonds. The van der Waals surface area contributed by atoms with Gasteiger partial charge in [-0.3, -0.25) is 19.1 Å². The second-order valence-corrected chi connectivity index (χ2v) is 7.04. The third kappa shape index (κ3) is 4.62. The van der Waals surface area contributed by atoms with Gasteiger partial charge in [-0.1, -0.05) is 0 Å². The number of likely N-dealkylation sites (N-methyl/N-ethyl adjacent to an activating group) is 1. The number of aromatic nitrogens is 2. The van der Waals surface area contributed by atoms with Gasteiger partial charge in [-0.2, -0.15) is 5.10 Å². The first-order valence-electron chi connectivity index (χ1n) is 8.94. The van der Waals surface area contributed by atoms with Gasteiger partial charge in [0.15, 0.2) is 0 Å². The van der Waals surface area contributed by atoms with Gasteiger partial charge in [0, 0.05) is 39.3 Å². The zero-order valence-corrected chi connectivity index (χ0v) is 16.0. The van der Waals surface area contributed by atoms with E-state index in [0.29, 0.717) is 32.2 Å². The van der Waals surface area contributed by atoms with E-state index in [-0.39, 0.29) is 24.9 Å². The second-order valence-electron chi connectivity index (χ2n) is 7.04. The summed E-state index contributed by atoms with van der Waals surface area (Å²) in [6.07, 6.45) is 2.18. The Kier molecular flexibility index (Phi) is 6.39. The van der Waals surface area contributed by atoms with E-state index in [1.165, 1.54) is 4.90 Å². The van der Waals surface area contributed by atoms with Crippen LogP contribution >= 0.6 is 0 Å². The fraction of sp³-hybridized carbons (Fsp3) is 0.667. The maximum atomic E-state index is 12.4. The quantitative estimate of drug-likeness (QED) is 0.804. The smallest absolute Gasteiger partial charge is 0.308 e. The van der Waals surface area contributed by atoms with Crippen LogP contribution in [0.5, 0.6) is 0 Å². The lowest BCUT2D eigenvalue weighted by Crippen LogP contribution is -2.46. The number of hydrogen-bond donors (Lipinski definition) is 1. The number of carbonyl (C=O) groups excluding carboxylic acids is 2. The Morgan fingerprint density at radius 3 is 2.58 bits per heavy atom. The largest absolute Gasteiger partial charge is 0.481 e. The molecule has 26 heavy (non-hydrogen) atoms. The minimum Gasteiger partial charge on any atom is -0.481 e. The van der Waals surface area contributed by atoms with E-state index in [9.17, 15) is 14.4 Å². The van der Waals surface area contributed by atoms with Crippen molar-refractivity contribution >= 4 is 17.8 Å². The molecule has 0 radical (unpaired) electrons. The van der Waals surface area contributed by atoms with Crippen LogP contribution in [0.1, 0.15) is 36.2 Å². The van der Waals surface area contributed by atoms with Crippen LogP contribution in [0.3, 0.4) is 0 Å². The van der Waals surface area contributed by atoms with Gasteiger partial charge in [0.2, 0.25) is 11.8 Å². The number of rotatable bonds is 6. The van der Waals surface area contributed by atoms with Gasteiger partial charge in [-0.05, 0) is 38.7 Å². The van der Waals surface area contributed by atoms with Gasteiger partial charge in [-0.25, -0.2) is 0 Å². The lowest BCUT2D eigenvalue weighted by atomic mass is 9.98. The molecule has 8 heteroatoms. The van der Waals surface area contributed by atoms with Crippen molar-refractivity contribution < 1.29 is 19.5 Å². The van der Waals surface area contributed by atoms with Crippen molar-refractivity contribution in [1.29, 1.82) is 0 Å². The maximum Gasteiger partial charge on any atom is 0.308 e. The molecule has 1 N–H and O–H groups in total. The van der Waals surface area contributed by atoms with E-state index in [1.54, 1.807) is 16.6 Å². The molecule has 0 bridgehead atoms. The molecule has 144 valence electrons. The third-order valence-electron chi connectivity index (χ3n) is 5.17. The summed E-state index contributed by atoms with van der Waals surface area (Å²) in [6.45, 7) is 4.66. The van der Waals surface area contributed by atoms with Gasteiger partial charge in [0.1, 0.15) is 0 Å². The zero-order valence-electron chi connectivity index (χ0n) is 16.0. The maximum absolute atomic E-state index is 12.4. The summed E-state index contributed by atoms with van der Waals surface area (Å²) in [5, 5.41) is 13.5. The normalized spacial score (nSPS) is 17.2. The lowest BCUT2D eigenvalue weighted by molar-refractivity contribution is -0.147. The number of nitrogens with zero attached hydrogens (tertiary/aromatic N) is 4.